The third-order valence-electron chi connectivity index (χ3n) is 3.61. The van der Waals surface area contributed by atoms with Gasteiger partial charge in [-0.25, -0.2) is 9.37 Å². The maximum Gasteiger partial charge on any atom is 0.334 e. The first-order valence-corrected chi connectivity index (χ1v) is 6.99. The van der Waals surface area contributed by atoms with Crippen LogP contribution in [0.5, 0.6) is 0 Å². The lowest BCUT2D eigenvalue weighted by atomic mass is 10.3. The lowest BCUT2D eigenvalue weighted by molar-refractivity contribution is -0.386. The highest BCUT2D eigenvalue weighted by Gasteiger charge is 2.16. The zero-order chi connectivity index (χ0) is 16.6. The summed E-state index contributed by atoms with van der Waals surface area (Å²) in [5, 5.41) is 10.9. The van der Waals surface area contributed by atoms with Crippen LogP contribution in [0.3, 0.4) is 0 Å². The number of hydrogen-bond donors (Lipinski definition) is 0. The van der Waals surface area contributed by atoms with Crippen molar-refractivity contribution in [2.24, 2.45) is 0 Å². The molecule has 0 unspecified atom stereocenters. The summed E-state index contributed by atoms with van der Waals surface area (Å²) in [6.07, 6.45) is 1.47. The average molecular weight is 316 g/mol. The second-order valence-electron chi connectivity index (χ2n) is 4.99. The van der Waals surface area contributed by atoms with Gasteiger partial charge in [0.15, 0.2) is 0 Å². The molecule has 2 heterocycles. The number of fused-ring (bicyclic) bond motifs is 1. The molecule has 7 nitrogen and oxygen atoms in total. The van der Waals surface area contributed by atoms with E-state index in [0.717, 1.165) is 11.6 Å². The number of pyridine rings is 1. The molecule has 0 atom stereocenters. The number of halogens is 1. The van der Waals surface area contributed by atoms with Gasteiger partial charge in [0, 0.05) is 24.9 Å². The van der Waals surface area contributed by atoms with Crippen molar-refractivity contribution in [3.63, 3.8) is 0 Å². The molecular formula is C15H13FN4O3. The van der Waals surface area contributed by atoms with E-state index in [9.17, 15) is 19.3 Å². The Morgan fingerprint density at radius 2 is 2.13 bits per heavy atom. The zero-order valence-electron chi connectivity index (χ0n) is 12.3. The predicted octanol–water partition coefficient (Wildman–Crippen LogP) is 2.31. The number of imidazole rings is 1. The van der Waals surface area contributed by atoms with E-state index >= 15 is 0 Å². The quantitative estimate of drug-likeness (QED) is 0.546. The second kappa shape index (κ2) is 5.64. The van der Waals surface area contributed by atoms with E-state index in [2.05, 4.69) is 4.98 Å². The smallest absolute Gasteiger partial charge is 0.327 e. The first kappa shape index (κ1) is 14.9. The fourth-order valence-corrected chi connectivity index (χ4v) is 2.57. The molecule has 0 fully saturated rings. The Morgan fingerprint density at radius 1 is 1.35 bits per heavy atom. The van der Waals surface area contributed by atoms with Crippen molar-refractivity contribution in [1.29, 1.82) is 0 Å². The monoisotopic (exact) mass is 316 g/mol. The van der Waals surface area contributed by atoms with Gasteiger partial charge >= 0.3 is 11.2 Å². The molecule has 23 heavy (non-hydrogen) atoms. The molecule has 118 valence electrons. The highest BCUT2D eigenvalue weighted by molar-refractivity contribution is 5.76. The normalized spacial score (nSPS) is 11.0. The Bertz CT molecular complexity index is 961. The van der Waals surface area contributed by atoms with Crippen molar-refractivity contribution in [2.45, 2.75) is 20.0 Å². The topological polar surface area (TPSA) is 83.0 Å². The van der Waals surface area contributed by atoms with Crippen molar-refractivity contribution in [1.82, 2.24) is 14.1 Å². The highest BCUT2D eigenvalue weighted by Crippen LogP contribution is 2.18. The van der Waals surface area contributed by atoms with Crippen molar-refractivity contribution < 1.29 is 9.31 Å². The van der Waals surface area contributed by atoms with Gasteiger partial charge in [0.2, 0.25) is 0 Å². The van der Waals surface area contributed by atoms with Crippen LogP contribution in [-0.2, 0) is 13.1 Å². The number of nitrogens with zero attached hydrogens (tertiary/aromatic N) is 4. The van der Waals surface area contributed by atoms with Gasteiger partial charge in [-0.15, -0.1) is 0 Å². The summed E-state index contributed by atoms with van der Waals surface area (Å²) in [6, 6.07) is 6.90. The first-order chi connectivity index (χ1) is 11.0. The Balaban J connectivity index is 2.10. The lowest BCUT2D eigenvalue weighted by Crippen LogP contribution is -2.23. The van der Waals surface area contributed by atoms with Crippen LogP contribution in [0.4, 0.5) is 10.1 Å². The number of benzene rings is 1. The molecule has 0 spiro atoms. The first-order valence-electron chi connectivity index (χ1n) is 6.99. The molecule has 0 aliphatic rings. The summed E-state index contributed by atoms with van der Waals surface area (Å²) < 4.78 is 16.4. The SMILES string of the molecule is CCn1c(Cn2cccc([N+](=O)[O-])c2=O)nc2cc(F)ccc21. The Morgan fingerprint density at radius 3 is 2.83 bits per heavy atom. The van der Waals surface area contributed by atoms with Crippen molar-refractivity contribution in [2.75, 3.05) is 0 Å². The molecule has 0 N–H and O–H groups in total. The van der Waals surface area contributed by atoms with Crippen molar-refractivity contribution >= 4 is 16.7 Å². The minimum absolute atomic E-state index is 0.0741. The molecule has 0 saturated carbocycles. The van der Waals surface area contributed by atoms with Gasteiger partial charge in [0.05, 0.1) is 22.5 Å². The van der Waals surface area contributed by atoms with Crippen LogP contribution in [0.1, 0.15) is 12.7 Å². The second-order valence-corrected chi connectivity index (χ2v) is 4.99. The van der Waals surface area contributed by atoms with Crippen LogP contribution in [0.25, 0.3) is 11.0 Å². The van der Waals surface area contributed by atoms with Gasteiger partial charge < -0.3 is 9.13 Å². The average Bonchev–Trinajstić information content (AvgIpc) is 2.85. The van der Waals surface area contributed by atoms with Gasteiger partial charge in [-0.05, 0) is 25.1 Å². The van der Waals surface area contributed by atoms with Crippen LogP contribution >= 0.6 is 0 Å². The summed E-state index contributed by atoms with van der Waals surface area (Å²) in [7, 11) is 0. The van der Waals surface area contributed by atoms with E-state index in [1.807, 2.05) is 11.5 Å². The van der Waals surface area contributed by atoms with E-state index in [1.165, 1.54) is 29.0 Å². The zero-order valence-corrected chi connectivity index (χ0v) is 12.3. The van der Waals surface area contributed by atoms with Gasteiger partial charge in [0.25, 0.3) is 0 Å². The number of hydrogen-bond acceptors (Lipinski definition) is 4. The molecule has 1 aromatic carbocycles. The Kier molecular flexibility index (Phi) is 3.65. The molecule has 0 saturated heterocycles. The summed E-state index contributed by atoms with van der Waals surface area (Å²) in [5.41, 5.74) is 0.0544. The van der Waals surface area contributed by atoms with Crippen molar-refractivity contribution in [3.8, 4) is 0 Å². The summed E-state index contributed by atoms with van der Waals surface area (Å²) in [6.45, 7) is 2.57. The highest BCUT2D eigenvalue weighted by atomic mass is 19.1. The molecule has 2 aromatic heterocycles. The number of aryl methyl sites for hydroxylation is 1. The minimum atomic E-state index is -0.711. The molecule has 0 bridgehead atoms. The van der Waals surface area contributed by atoms with Gasteiger partial charge in [-0.1, -0.05) is 0 Å². The molecule has 0 aliphatic heterocycles. The lowest BCUT2D eigenvalue weighted by Gasteiger charge is -2.08. The van der Waals surface area contributed by atoms with Crippen LogP contribution in [0.15, 0.2) is 41.3 Å². The van der Waals surface area contributed by atoms with Crippen molar-refractivity contribution in [3.05, 3.63) is 68.6 Å². The van der Waals surface area contributed by atoms with Crippen LogP contribution < -0.4 is 5.56 Å². The molecule has 0 radical (unpaired) electrons. The van der Waals surface area contributed by atoms with E-state index in [-0.39, 0.29) is 6.54 Å². The Hall–Kier alpha value is -3.03. The Labute approximate surface area is 129 Å². The fourth-order valence-electron chi connectivity index (χ4n) is 2.57. The maximum absolute atomic E-state index is 13.3. The maximum atomic E-state index is 13.3. The molecule has 8 heteroatoms. The van der Waals surface area contributed by atoms with Crippen LogP contribution in [0, 0.1) is 15.9 Å². The molecule has 0 amide bonds. The van der Waals surface area contributed by atoms with Crippen LogP contribution in [0.2, 0.25) is 0 Å². The fraction of sp³-hybridized carbons (Fsp3) is 0.200. The van der Waals surface area contributed by atoms with E-state index in [0.29, 0.717) is 17.9 Å². The summed E-state index contributed by atoms with van der Waals surface area (Å²) >= 11 is 0. The number of aromatic nitrogens is 3. The van der Waals surface area contributed by atoms with Gasteiger partial charge in [0.1, 0.15) is 11.6 Å². The molecule has 3 aromatic rings. The van der Waals surface area contributed by atoms with Gasteiger partial charge in [-0.2, -0.15) is 0 Å². The molecular weight excluding hydrogens is 303 g/mol. The summed E-state index contributed by atoms with van der Waals surface area (Å²) in [4.78, 5) is 26.6. The van der Waals surface area contributed by atoms with E-state index < -0.39 is 22.0 Å². The van der Waals surface area contributed by atoms with Gasteiger partial charge in [-0.3, -0.25) is 14.9 Å². The van der Waals surface area contributed by atoms with E-state index in [1.54, 1.807) is 6.07 Å². The standard InChI is InChI=1S/C15H13FN4O3/c1-2-19-12-6-5-10(16)8-11(12)17-14(19)9-18-7-3-4-13(15(18)21)20(22)23/h3-8H,2,9H2,1H3. The molecule has 3 rings (SSSR count). The van der Waals surface area contributed by atoms with E-state index in [4.69, 9.17) is 0 Å². The third-order valence-corrected chi connectivity index (χ3v) is 3.61. The minimum Gasteiger partial charge on any atom is -0.327 e. The third kappa shape index (κ3) is 2.59. The largest absolute Gasteiger partial charge is 0.334 e. The van der Waals surface area contributed by atoms with Crippen LogP contribution in [-0.4, -0.2) is 19.0 Å². The number of nitro groups is 1. The predicted molar refractivity (Wildman–Crippen MR) is 81.8 cm³/mol. The summed E-state index contributed by atoms with van der Waals surface area (Å²) in [5.74, 6) is 0.146. The molecule has 0 aliphatic carbocycles. The number of rotatable bonds is 4.